The minimum Gasteiger partial charge on any atom is -0.465 e. The summed E-state index contributed by atoms with van der Waals surface area (Å²) in [5.41, 5.74) is 2.19. The number of carbonyl (C=O) groups is 2. The first kappa shape index (κ1) is 15.7. The zero-order chi connectivity index (χ0) is 17.1. The SMILES string of the molecule is COC(=O)c1ccc(-c2cccc3ccccc23)cc1C(=O)OC. The molecule has 0 aromatic heterocycles. The number of hydrogen-bond donors (Lipinski definition) is 0. The van der Waals surface area contributed by atoms with Crippen LogP contribution < -0.4 is 0 Å². The minimum atomic E-state index is -0.572. The maximum Gasteiger partial charge on any atom is 0.338 e. The van der Waals surface area contributed by atoms with E-state index >= 15 is 0 Å². The molecule has 0 aliphatic carbocycles. The summed E-state index contributed by atoms with van der Waals surface area (Å²) in [6.07, 6.45) is 0. The van der Waals surface area contributed by atoms with Gasteiger partial charge in [-0.1, -0.05) is 48.5 Å². The summed E-state index contributed by atoms with van der Waals surface area (Å²) in [5.74, 6) is -1.14. The van der Waals surface area contributed by atoms with Gasteiger partial charge in [0, 0.05) is 0 Å². The number of methoxy groups -OCH3 is 2. The van der Waals surface area contributed by atoms with Crippen molar-refractivity contribution in [3.63, 3.8) is 0 Å². The van der Waals surface area contributed by atoms with Crippen LogP contribution in [0.3, 0.4) is 0 Å². The average Bonchev–Trinajstić information content (AvgIpc) is 2.65. The molecular weight excluding hydrogens is 304 g/mol. The van der Waals surface area contributed by atoms with Gasteiger partial charge in [-0.2, -0.15) is 0 Å². The second kappa shape index (κ2) is 6.54. The highest BCUT2D eigenvalue weighted by Crippen LogP contribution is 2.30. The van der Waals surface area contributed by atoms with Crippen LogP contribution in [0.15, 0.2) is 60.7 Å². The molecule has 24 heavy (non-hydrogen) atoms. The van der Waals surface area contributed by atoms with Crippen molar-refractivity contribution < 1.29 is 19.1 Å². The molecule has 0 atom stereocenters. The van der Waals surface area contributed by atoms with Crippen LogP contribution in [0.5, 0.6) is 0 Å². The Balaban J connectivity index is 2.21. The lowest BCUT2D eigenvalue weighted by atomic mass is 9.95. The summed E-state index contributed by atoms with van der Waals surface area (Å²) in [7, 11) is 2.57. The molecule has 4 heteroatoms. The molecule has 0 aliphatic rings. The van der Waals surface area contributed by atoms with Crippen molar-refractivity contribution in [2.24, 2.45) is 0 Å². The van der Waals surface area contributed by atoms with E-state index in [0.717, 1.165) is 21.9 Å². The lowest BCUT2D eigenvalue weighted by Gasteiger charge is -2.11. The molecule has 0 aliphatic heterocycles. The Hall–Kier alpha value is -3.14. The van der Waals surface area contributed by atoms with Crippen LogP contribution in [0.1, 0.15) is 20.7 Å². The Morgan fingerprint density at radius 1 is 0.750 bits per heavy atom. The lowest BCUT2D eigenvalue weighted by molar-refractivity contribution is 0.0555. The standard InChI is InChI=1S/C20H16O4/c1-23-19(21)17-11-10-14(12-18(17)20(22)24-2)16-9-5-7-13-6-3-4-8-15(13)16/h3-12H,1-2H3. The highest BCUT2D eigenvalue weighted by Gasteiger charge is 2.19. The Kier molecular flexibility index (Phi) is 4.29. The van der Waals surface area contributed by atoms with Crippen molar-refractivity contribution in [1.29, 1.82) is 0 Å². The number of hydrogen-bond acceptors (Lipinski definition) is 4. The highest BCUT2D eigenvalue weighted by molar-refractivity contribution is 6.05. The molecule has 3 rings (SSSR count). The summed E-state index contributed by atoms with van der Waals surface area (Å²) >= 11 is 0. The minimum absolute atomic E-state index is 0.188. The van der Waals surface area contributed by atoms with Crippen LogP contribution in [0, 0.1) is 0 Å². The maximum atomic E-state index is 12.1. The van der Waals surface area contributed by atoms with E-state index < -0.39 is 11.9 Å². The zero-order valence-electron chi connectivity index (χ0n) is 13.4. The van der Waals surface area contributed by atoms with Crippen molar-refractivity contribution in [3.8, 4) is 11.1 Å². The van der Waals surface area contributed by atoms with E-state index in [1.165, 1.54) is 14.2 Å². The van der Waals surface area contributed by atoms with Gasteiger partial charge < -0.3 is 9.47 Å². The van der Waals surface area contributed by atoms with E-state index in [1.54, 1.807) is 18.2 Å². The van der Waals surface area contributed by atoms with Gasteiger partial charge >= 0.3 is 11.9 Å². The normalized spacial score (nSPS) is 10.4. The first-order chi connectivity index (χ1) is 11.7. The van der Waals surface area contributed by atoms with Gasteiger partial charge in [-0.05, 0) is 34.0 Å². The fraction of sp³-hybridized carbons (Fsp3) is 0.100. The molecule has 3 aromatic rings. The third-order valence-corrected chi connectivity index (χ3v) is 3.93. The Bertz CT molecular complexity index is 923. The molecule has 0 unspecified atom stereocenters. The molecule has 0 saturated carbocycles. The predicted octanol–water partition coefficient (Wildman–Crippen LogP) is 4.08. The van der Waals surface area contributed by atoms with Crippen LogP contribution >= 0.6 is 0 Å². The van der Waals surface area contributed by atoms with Gasteiger partial charge in [0.25, 0.3) is 0 Å². The molecular formula is C20H16O4. The van der Waals surface area contributed by atoms with Gasteiger partial charge in [0.05, 0.1) is 25.3 Å². The average molecular weight is 320 g/mol. The van der Waals surface area contributed by atoms with Crippen molar-refractivity contribution in [3.05, 3.63) is 71.8 Å². The monoisotopic (exact) mass is 320 g/mol. The van der Waals surface area contributed by atoms with Gasteiger partial charge in [0.15, 0.2) is 0 Å². The Morgan fingerprint density at radius 2 is 1.42 bits per heavy atom. The molecule has 0 saturated heterocycles. The summed E-state index contributed by atoms with van der Waals surface area (Å²) in [5, 5.41) is 2.17. The molecule has 0 radical (unpaired) electrons. The topological polar surface area (TPSA) is 52.6 Å². The number of rotatable bonds is 3. The fourth-order valence-corrected chi connectivity index (χ4v) is 2.76. The molecule has 0 N–H and O–H groups in total. The predicted molar refractivity (Wildman–Crippen MR) is 92.1 cm³/mol. The van der Waals surface area contributed by atoms with Gasteiger partial charge in [0.2, 0.25) is 0 Å². The Labute approximate surface area is 139 Å². The molecule has 0 spiro atoms. The van der Waals surface area contributed by atoms with E-state index in [1.807, 2.05) is 42.5 Å². The number of carbonyl (C=O) groups excluding carboxylic acids is 2. The summed E-state index contributed by atoms with van der Waals surface area (Å²) < 4.78 is 9.54. The van der Waals surface area contributed by atoms with Gasteiger partial charge in [-0.25, -0.2) is 9.59 Å². The van der Waals surface area contributed by atoms with Crippen molar-refractivity contribution in [2.75, 3.05) is 14.2 Å². The van der Waals surface area contributed by atoms with Crippen LogP contribution in [0.2, 0.25) is 0 Å². The zero-order valence-corrected chi connectivity index (χ0v) is 13.4. The number of esters is 2. The molecule has 0 fully saturated rings. The van der Waals surface area contributed by atoms with E-state index in [-0.39, 0.29) is 11.1 Å². The molecule has 0 bridgehead atoms. The van der Waals surface area contributed by atoms with Crippen LogP contribution in [-0.4, -0.2) is 26.2 Å². The van der Waals surface area contributed by atoms with E-state index in [2.05, 4.69) is 0 Å². The molecule has 0 heterocycles. The second-order valence-electron chi connectivity index (χ2n) is 5.27. The fourth-order valence-electron chi connectivity index (χ4n) is 2.76. The third kappa shape index (κ3) is 2.74. The summed E-state index contributed by atoms with van der Waals surface area (Å²) in [4.78, 5) is 24.0. The van der Waals surface area contributed by atoms with Gasteiger partial charge in [-0.15, -0.1) is 0 Å². The quantitative estimate of drug-likeness (QED) is 0.682. The van der Waals surface area contributed by atoms with E-state index in [0.29, 0.717) is 0 Å². The van der Waals surface area contributed by atoms with E-state index in [4.69, 9.17) is 9.47 Å². The lowest BCUT2D eigenvalue weighted by Crippen LogP contribution is -2.11. The van der Waals surface area contributed by atoms with Crippen LogP contribution in [0.4, 0.5) is 0 Å². The Morgan fingerprint density at radius 3 is 2.17 bits per heavy atom. The molecule has 0 amide bonds. The third-order valence-electron chi connectivity index (χ3n) is 3.93. The maximum absolute atomic E-state index is 12.1. The summed E-state index contributed by atoms with van der Waals surface area (Å²) in [6.45, 7) is 0. The van der Waals surface area contributed by atoms with Crippen LogP contribution in [-0.2, 0) is 9.47 Å². The first-order valence-electron chi connectivity index (χ1n) is 7.44. The van der Waals surface area contributed by atoms with Crippen LogP contribution in [0.25, 0.3) is 21.9 Å². The first-order valence-corrected chi connectivity index (χ1v) is 7.44. The number of fused-ring (bicyclic) bond motifs is 1. The molecule has 3 aromatic carbocycles. The van der Waals surface area contributed by atoms with Crippen molar-refractivity contribution in [2.45, 2.75) is 0 Å². The van der Waals surface area contributed by atoms with Gasteiger partial charge in [-0.3, -0.25) is 0 Å². The van der Waals surface area contributed by atoms with E-state index in [9.17, 15) is 9.59 Å². The number of benzene rings is 3. The smallest absolute Gasteiger partial charge is 0.338 e. The van der Waals surface area contributed by atoms with Crippen molar-refractivity contribution in [1.82, 2.24) is 0 Å². The second-order valence-corrected chi connectivity index (χ2v) is 5.27. The van der Waals surface area contributed by atoms with Gasteiger partial charge in [0.1, 0.15) is 0 Å². The largest absolute Gasteiger partial charge is 0.465 e. The molecule has 4 nitrogen and oxygen atoms in total. The van der Waals surface area contributed by atoms with Crippen molar-refractivity contribution >= 4 is 22.7 Å². The number of ether oxygens (including phenoxy) is 2. The molecule has 120 valence electrons. The highest BCUT2D eigenvalue weighted by atomic mass is 16.5. The summed E-state index contributed by atoms with van der Waals surface area (Å²) in [6, 6.07) is 19.0.